The molecule has 7 nitrogen and oxygen atoms in total. The maximum atomic E-state index is 13.0. The van der Waals surface area contributed by atoms with Crippen LogP contribution in [0.5, 0.6) is 5.75 Å². The topological polar surface area (TPSA) is 72.0 Å². The minimum absolute atomic E-state index is 0.0448. The first-order valence-electron chi connectivity index (χ1n) is 8.57. The highest BCUT2D eigenvalue weighted by atomic mass is 32.2. The summed E-state index contributed by atoms with van der Waals surface area (Å²) in [6, 6.07) is 3.78. The first-order valence-corrected chi connectivity index (χ1v) is 9.97. The molecule has 3 aliphatic rings. The molecule has 8 heteroatoms. The van der Waals surface area contributed by atoms with Crippen LogP contribution in [-0.2, 0) is 14.9 Å². The maximum Gasteiger partial charge on any atom is 0.282 e. The largest absolute Gasteiger partial charge is 0.490 e. The van der Waals surface area contributed by atoms with E-state index >= 15 is 0 Å². The van der Waals surface area contributed by atoms with Crippen molar-refractivity contribution in [2.45, 2.75) is 43.9 Å². The highest BCUT2D eigenvalue weighted by Crippen LogP contribution is 2.40. The first kappa shape index (κ1) is 16.3. The van der Waals surface area contributed by atoms with Crippen LogP contribution in [0, 0.1) is 0 Å². The molecule has 0 N–H and O–H groups in total. The molecule has 3 aliphatic heterocycles. The Labute approximate surface area is 142 Å². The van der Waals surface area contributed by atoms with Crippen LogP contribution in [0.4, 0.5) is 0 Å². The number of nitrogens with zero attached hydrogens (tertiary/aromatic N) is 3. The standard InChI is InChI=1S/C16H23N3O4S/c20-24(21,18-7-9-22-10-8-18)19-13-1-2-14(19)12-16(11-13)23-15-3-5-17-6-4-15/h3-6,13-14,16H,1-2,7-12H2. The van der Waals surface area contributed by atoms with Crippen molar-refractivity contribution in [2.75, 3.05) is 26.3 Å². The molecule has 0 amide bonds. The van der Waals surface area contributed by atoms with E-state index in [1.54, 1.807) is 21.0 Å². The molecule has 0 aromatic carbocycles. The van der Waals surface area contributed by atoms with E-state index in [4.69, 9.17) is 9.47 Å². The second-order valence-electron chi connectivity index (χ2n) is 6.63. The van der Waals surface area contributed by atoms with Gasteiger partial charge in [0.15, 0.2) is 0 Å². The second kappa shape index (κ2) is 6.59. The van der Waals surface area contributed by atoms with Gasteiger partial charge in [-0.2, -0.15) is 17.0 Å². The number of aromatic nitrogens is 1. The molecule has 0 saturated carbocycles. The van der Waals surface area contributed by atoms with Crippen LogP contribution >= 0.6 is 0 Å². The number of ether oxygens (including phenoxy) is 2. The Morgan fingerprint density at radius 3 is 2.33 bits per heavy atom. The zero-order chi connectivity index (χ0) is 16.6. The summed E-state index contributed by atoms with van der Waals surface area (Å²) in [4.78, 5) is 3.99. The van der Waals surface area contributed by atoms with Crippen molar-refractivity contribution >= 4 is 10.2 Å². The van der Waals surface area contributed by atoms with E-state index in [1.807, 2.05) is 12.1 Å². The van der Waals surface area contributed by atoms with E-state index < -0.39 is 10.2 Å². The molecule has 4 heterocycles. The van der Waals surface area contributed by atoms with Gasteiger partial charge in [-0.05, 0) is 25.0 Å². The number of hydrogen-bond donors (Lipinski definition) is 0. The summed E-state index contributed by atoms with van der Waals surface area (Å²) in [5.74, 6) is 0.805. The van der Waals surface area contributed by atoms with E-state index in [0.717, 1.165) is 31.4 Å². The molecule has 1 aromatic heterocycles. The Kier molecular flexibility index (Phi) is 4.46. The summed E-state index contributed by atoms with van der Waals surface area (Å²) in [7, 11) is -3.40. The number of hydrogen-bond acceptors (Lipinski definition) is 5. The monoisotopic (exact) mass is 353 g/mol. The van der Waals surface area contributed by atoms with E-state index in [-0.39, 0.29) is 18.2 Å². The minimum Gasteiger partial charge on any atom is -0.490 e. The van der Waals surface area contributed by atoms with Crippen molar-refractivity contribution in [1.29, 1.82) is 0 Å². The zero-order valence-electron chi connectivity index (χ0n) is 13.6. The third-order valence-electron chi connectivity index (χ3n) is 5.14. The molecule has 2 unspecified atom stereocenters. The smallest absolute Gasteiger partial charge is 0.282 e. The van der Waals surface area contributed by atoms with Crippen LogP contribution in [0.25, 0.3) is 0 Å². The van der Waals surface area contributed by atoms with Gasteiger partial charge in [-0.25, -0.2) is 0 Å². The molecule has 2 bridgehead atoms. The summed E-state index contributed by atoms with van der Waals surface area (Å²) in [5, 5.41) is 0. The van der Waals surface area contributed by atoms with Gasteiger partial charge in [-0.15, -0.1) is 0 Å². The van der Waals surface area contributed by atoms with Crippen LogP contribution in [0.2, 0.25) is 0 Å². The van der Waals surface area contributed by atoms with Crippen LogP contribution < -0.4 is 4.74 Å². The average Bonchev–Trinajstić information content (AvgIpc) is 2.89. The van der Waals surface area contributed by atoms with Crippen molar-refractivity contribution in [3.63, 3.8) is 0 Å². The Balaban J connectivity index is 1.47. The molecule has 3 fully saturated rings. The predicted molar refractivity (Wildman–Crippen MR) is 87.8 cm³/mol. The van der Waals surface area contributed by atoms with Crippen molar-refractivity contribution in [1.82, 2.24) is 13.6 Å². The van der Waals surface area contributed by atoms with Crippen molar-refractivity contribution in [2.24, 2.45) is 0 Å². The van der Waals surface area contributed by atoms with Gasteiger partial charge >= 0.3 is 0 Å². The molecule has 24 heavy (non-hydrogen) atoms. The van der Waals surface area contributed by atoms with Gasteiger partial charge in [0.2, 0.25) is 0 Å². The summed E-state index contributed by atoms with van der Waals surface area (Å²) in [5.41, 5.74) is 0. The molecule has 0 spiro atoms. The second-order valence-corrected chi connectivity index (χ2v) is 8.46. The van der Waals surface area contributed by atoms with Gasteiger partial charge in [0.05, 0.1) is 13.2 Å². The maximum absolute atomic E-state index is 13.0. The van der Waals surface area contributed by atoms with Crippen LogP contribution in [0.15, 0.2) is 24.5 Å². The van der Waals surface area contributed by atoms with Crippen molar-refractivity contribution in [3.8, 4) is 5.75 Å². The summed E-state index contributed by atoms with van der Waals surface area (Å²) < 4.78 is 40.7. The fourth-order valence-electron chi connectivity index (χ4n) is 4.08. The lowest BCUT2D eigenvalue weighted by molar-refractivity contribution is 0.0607. The van der Waals surface area contributed by atoms with Gasteiger partial charge in [-0.3, -0.25) is 4.98 Å². The first-order chi connectivity index (χ1) is 11.6. The van der Waals surface area contributed by atoms with Gasteiger partial charge in [-0.1, -0.05) is 0 Å². The van der Waals surface area contributed by atoms with E-state index in [2.05, 4.69) is 4.98 Å². The van der Waals surface area contributed by atoms with Crippen LogP contribution in [0.1, 0.15) is 25.7 Å². The number of pyridine rings is 1. The molecular formula is C16H23N3O4S. The SMILES string of the molecule is O=S(=O)(N1CCOCC1)N1C2CCC1CC(Oc1ccncc1)C2. The third kappa shape index (κ3) is 3.03. The average molecular weight is 353 g/mol. The fraction of sp³-hybridized carbons (Fsp3) is 0.688. The summed E-state index contributed by atoms with van der Waals surface area (Å²) >= 11 is 0. The summed E-state index contributed by atoms with van der Waals surface area (Å²) in [6.45, 7) is 1.87. The lowest BCUT2D eigenvalue weighted by Gasteiger charge is -2.41. The highest BCUT2D eigenvalue weighted by Gasteiger charge is 2.49. The quantitative estimate of drug-likeness (QED) is 0.809. The van der Waals surface area contributed by atoms with Gasteiger partial charge in [0.1, 0.15) is 11.9 Å². The number of morpholine rings is 1. The van der Waals surface area contributed by atoms with Crippen LogP contribution in [-0.4, -0.2) is 66.5 Å². The van der Waals surface area contributed by atoms with Crippen molar-refractivity contribution < 1.29 is 17.9 Å². The van der Waals surface area contributed by atoms with E-state index in [0.29, 0.717) is 26.3 Å². The molecular weight excluding hydrogens is 330 g/mol. The fourth-order valence-corrected chi connectivity index (χ4v) is 6.09. The minimum atomic E-state index is -3.40. The number of rotatable bonds is 4. The predicted octanol–water partition coefficient (Wildman–Crippen LogP) is 1.03. The van der Waals surface area contributed by atoms with Gasteiger partial charge in [0, 0.05) is 50.4 Å². The van der Waals surface area contributed by atoms with Crippen molar-refractivity contribution in [3.05, 3.63) is 24.5 Å². The molecule has 0 radical (unpaired) electrons. The van der Waals surface area contributed by atoms with Gasteiger partial charge < -0.3 is 9.47 Å². The Bertz CT molecular complexity index is 649. The molecule has 4 rings (SSSR count). The Morgan fingerprint density at radius 1 is 1.08 bits per heavy atom. The normalized spacial score (nSPS) is 31.9. The molecule has 0 aliphatic carbocycles. The van der Waals surface area contributed by atoms with Gasteiger partial charge in [0.25, 0.3) is 10.2 Å². The highest BCUT2D eigenvalue weighted by molar-refractivity contribution is 7.86. The Morgan fingerprint density at radius 2 is 1.71 bits per heavy atom. The lowest BCUT2D eigenvalue weighted by atomic mass is 10.0. The number of piperidine rings is 1. The van der Waals surface area contributed by atoms with Crippen LogP contribution in [0.3, 0.4) is 0 Å². The third-order valence-corrected chi connectivity index (χ3v) is 7.28. The molecule has 1 aromatic rings. The van der Waals surface area contributed by atoms with E-state index in [1.165, 1.54) is 0 Å². The zero-order valence-corrected chi connectivity index (χ0v) is 14.4. The lowest BCUT2D eigenvalue weighted by Crippen LogP contribution is -2.56. The summed E-state index contributed by atoms with van der Waals surface area (Å²) in [6.07, 6.45) is 6.84. The van der Waals surface area contributed by atoms with E-state index in [9.17, 15) is 8.42 Å². The Hall–Kier alpha value is -1.22. The molecule has 132 valence electrons. The molecule has 2 atom stereocenters. The molecule has 3 saturated heterocycles. The number of fused-ring (bicyclic) bond motifs is 2.